The Balaban J connectivity index is 1.85. The Morgan fingerprint density at radius 3 is 2.76 bits per heavy atom. The van der Waals surface area contributed by atoms with E-state index < -0.39 is 10.0 Å². The molecular weight excluding hydrogens is 306 g/mol. The minimum absolute atomic E-state index is 0.0396. The lowest BCUT2D eigenvalue weighted by Gasteiger charge is -2.16. The lowest BCUT2D eigenvalue weighted by atomic mass is 10.2. The van der Waals surface area contributed by atoms with E-state index in [1.54, 1.807) is 35.7 Å². The fourth-order valence-corrected chi connectivity index (χ4v) is 4.17. The van der Waals surface area contributed by atoms with Crippen molar-refractivity contribution in [3.8, 4) is 0 Å². The molecule has 1 saturated carbocycles. The summed E-state index contributed by atoms with van der Waals surface area (Å²) in [4.78, 5) is 4.55. The van der Waals surface area contributed by atoms with Crippen LogP contribution in [0.5, 0.6) is 0 Å². The van der Waals surface area contributed by atoms with E-state index in [4.69, 9.17) is 0 Å². The Morgan fingerprint density at radius 1 is 1.33 bits per heavy atom. The maximum Gasteiger partial charge on any atom is 0.242 e. The third-order valence-corrected chi connectivity index (χ3v) is 5.81. The standard InChI is InChI=1S/C14H17N3O2S2/c1-10(14-15-8-9-20-14)16-12-4-2-3-5-13(12)21(18,19)17-11-6-7-11/h2-5,8-11,16-17H,6-7H2,1H3. The van der Waals surface area contributed by atoms with Gasteiger partial charge in [-0.1, -0.05) is 12.1 Å². The molecule has 1 aliphatic rings. The topological polar surface area (TPSA) is 71.1 Å². The highest BCUT2D eigenvalue weighted by atomic mass is 32.2. The van der Waals surface area contributed by atoms with Crippen molar-refractivity contribution >= 4 is 27.0 Å². The van der Waals surface area contributed by atoms with Crippen molar-refractivity contribution in [3.63, 3.8) is 0 Å². The number of aromatic nitrogens is 1. The van der Waals surface area contributed by atoms with Gasteiger partial charge >= 0.3 is 0 Å². The third-order valence-electron chi connectivity index (χ3n) is 3.27. The summed E-state index contributed by atoms with van der Waals surface area (Å²) in [7, 11) is -3.47. The number of benzene rings is 1. The van der Waals surface area contributed by atoms with Crippen LogP contribution in [0, 0.1) is 0 Å². The summed E-state index contributed by atoms with van der Waals surface area (Å²) in [6, 6.07) is 7.03. The van der Waals surface area contributed by atoms with Gasteiger partial charge < -0.3 is 5.32 Å². The summed E-state index contributed by atoms with van der Waals surface area (Å²) in [5, 5.41) is 6.08. The highest BCUT2D eigenvalue weighted by Crippen LogP contribution is 2.28. The molecule has 0 bridgehead atoms. The molecule has 2 N–H and O–H groups in total. The van der Waals surface area contributed by atoms with E-state index in [0.29, 0.717) is 10.6 Å². The fourth-order valence-electron chi connectivity index (χ4n) is 2.05. The molecule has 1 atom stereocenters. The second kappa shape index (κ2) is 5.75. The van der Waals surface area contributed by atoms with Gasteiger partial charge in [-0.15, -0.1) is 11.3 Å². The van der Waals surface area contributed by atoms with E-state index in [-0.39, 0.29) is 12.1 Å². The molecule has 0 saturated heterocycles. The average molecular weight is 323 g/mol. The van der Waals surface area contributed by atoms with Crippen LogP contribution < -0.4 is 10.0 Å². The van der Waals surface area contributed by atoms with Crippen LogP contribution in [0.1, 0.15) is 30.8 Å². The summed E-state index contributed by atoms with van der Waals surface area (Å²) in [6.45, 7) is 1.97. The smallest absolute Gasteiger partial charge is 0.242 e. The van der Waals surface area contributed by atoms with Crippen LogP contribution in [0.25, 0.3) is 0 Å². The molecule has 3 rings (SSSR count). The van der Waals surface area contributed by atoms with Crippen LogP contribution in [0.4, 0.5) is 5.69 Å². The molecule has 1 fully saturated rings. The summed E-state index contributed by atoms with van der Waals surface area (Å²) in [6.07, 6.45) is 3.59. The number of nitrogens with one attached hydrogen (secondary N) is 2. The van der Waals surface area contributed by atoms with Gasteiger partial charge in [0.2, 0.25) is 10.0 Å². The van der Waals surface area contributed by atoms with Gasteiger partial charge in [0, 0.05) is 17.6 Å². The number of hydrogen-bond donors (Lipinski definition) is 2. The van der Waals surface area contributed by atoms with E-state index in [1.807, 2.05) is 18.4 Å². The molecule has 7 heteroatoms. The molecule has 0 amide bonds. The first-order valence-corrected chi connectivity index (χ1v) is 9.20. The summed E-state index contributed by atoms with van der Waals surface area (Å²) in [5.41, 5.74) is 0.605. The number of hydrogen-bond acceptors (Lipinski definition) is 5. The van der Waals surface area contributed by atoms with Gasteiger partial charge in [-0.2, -0.15) is 0 Å². The number of para-hydroxylation sites is 1. The zero-order chi connectivity index (χ0) is 14.9. The van der Waals surface area contributed by atoms with Gasteiger partial charge in [0.25, 0.3) is 0 Å². The number of sulfonamides is 1. The van der Waals surface area contributed by atoms with E-state index in [2.05, 4.69) is 15.0 Å². The molecule has 1 aliphatic carbocycles. The Kier molecular flexibility index (Phi) is 3.97. The van der Waals surface area contributed by atoms with Crippen molar-refractivity contribution in [1.29, 1.82) is 0 Å². The summed E-state index contributed by atoms with van der Waals surface area (Å²) in [5.74, 6) is 0. The minimum Gasteiger partial charge on any atom is -0.375 e. The van der Waals surface area contributed by atoms with E-state index in [1.165, 1.54) is 0 Å². The molecule has 1 aromatic heterocycles. The predicted octanol–water partition coefficient (Wildman–Crippen LogP) is 2.76. The Hall–Kier alpha value is -1.44. The maximum absolute atomic E-state index is 12.4. The summed E-state index contributed by atoms with van der Waals surface area (Å²) < 4.78 is 27.5. The number of anilines is 1. The lowest BCUT2D eigenvalue weighted by molar-refractivity contribution is 0.581. The molecule has 1 unspecified atom stereocenters. The zero-order valence-electron chi connectivity index (χ0n) is 11.6. The normalized spacial score (nSPS) is 16.6. The first kappa shape index (κ1) is 14.5. The predicted molar refractivity (Wildman–Crippen MR) is 83.9 cm³/mol. The van der Waals surface area contributed by atoms with Gasteiger partial charge in [-0.3, -0.25) is 0 Å². The van der Waals surface area contributed by atoms with E-state index in [0.717, 1.165) is 17.8 Å². The van der Waals surface area contributed by atoms with Gasteiger partial charge in [0.1, 0.15) is 9.90 Å². The molecule has 21 heavy (non-hydrogen) atoms. The first-order valence-electron chi connectivity index (χ1n) is 6.83. The van der Waals surface area contributed by atoms with Crippen LogP contribution in [-0.4, -0.2) is 19.4 Å². The zero-order valence-corrected chi connectivity index (χ0v) is 13.2. The Morgan fingerprint density at radius 2 is 2.10 bits per heavy atom. The van der Waals surface area contributed by atoms with Crippen molar-refractivity contribution in [2.75, 3.05) is 5.32 Å². The minimum atomic E-state index is -3.47. The molecule has 1 aromatic carbocycles. The van der Waals surface area contributed by atoms with Gasteiger partial charge in [0.15, 0.2) is 0 Å². The van der Waals surface area contributed by atoms with Crippen molar-refractivity contribution in [3.05, 3.63) is 40.8 Å². The van der Waals surface area contributed by atoms with Gasteiger partial charge in [-0.25, -0.2) is 18.1 Å². The van der Waals surface area contributed by atoms with Crippen molar-refractivity contribution in [2.24, 2.45) is 0 Å². The molecule has 0 spiro atoms. The molecule has 1 heterocycles. The van der Waals surface area contributed by atoms with Crippen LogP contribution >= 0.6 is 11.3 Å². The highest BCUT2D eigenvalue weighted by Gasteiger charge is 2.29. The molecular formula is C14H17N3O2S2. The van der Waals surface area contributed by atoms with Crippen molar-refractivity contribution in [2.45, 2.75) is 36.7 Å². The Labute approximate surface area is 128 Å². The second-order valence-corrected chi connectivity index (χ2v) is 7.74. The monoisotopic (exact) mass is 323 g/mol. The number of rotatable bonds is 6. The van der Waals surface area contributed by atoms with Crippen LogP contribution in [0.15, 0.2) is 40.7 Å². The quantitative estimate of drug-likeness (QED) is 0.857. The molecule has 5 nitrogen and oxygen atoms in total. The largest absolute Gasteiger partial charge is 0.375 e. The SMILES string of the molecule is CC(Nc1ccccc1S(=O)(=O)NC1CC1)c1nccs1. The van der Waals surface area contributed by atoms with Crippen LogP contribution in [-0.2, 0) is 10.0 Å². The van der Waals surface area contributed by atoms with Crippen molar-refractivity contribution < 1.29 is 8.42 Å². The first-order chi connectivity index (χ1) is 10.1. The summed E-state index contributed by atoms with van der Waals surface area (Å²) >= 11 is 1.55. The average Bonchev–Trinajstić information content (AvgIpc) is 3.08. The highest BCUT2D eigenvalue weighted by molar-refractivity contribution is 7.89. The second-order valence-electron chi connectivity index (χ2n) is 5.13. The number of thiazole rings is 1. The third kappa shape index (κ3) is 3.42. The number of nitrogens with zero attached hydrogens (tertiary/aromatic N) is 1. The molecule has 2 aromatic rings. The maximum atomic E-state index is 12.4. The molecule has 0 radical (unpaired) electrons. The molecule has 112 valence electrons. The van der Waals surface area contributed by atoms with E-state index >= 15 is 0 Å². The Bertz CT molecular complexity index is 710. The van der Waals surface area contributed by atoms with Crippen LogP contribution in [0.2, 0.25) is 0 Å². The van der Waals surface area contributed by atoms with Gasteiger partial charge in [-0.05, 0) is 31.9 Å². The van der Waals surface area contributed by atoms with E-state index in [9.17, 15) is 8.42 Å². The van der Waals surface area contributed by atoms with Crippen LogP contribution in [0.3, 0.4) is 0 Å². The van der Waals surface area contributed by atoms with Gasteiger partial charge in [0.05, 0.1) is 11.7 Å². The van der Waals surface area contributed by atoms with Crippen molar-refractivity contribution in [1.82, 2.24) is 9.71 Å². The lowest BCUT2D eigenvalue weighted by Crippen LogP contribution is -2.26. The fraction of sp³-hybridized carbons (Fsp3) is 0.357. The molecule has 0 aliphatic heterocycles.